The quantitative estimate of drug-likeness (QED) is 0.911. The van der Waals surface area contributed by atoms with E-state index in [-0.39, 0.29) is 23.7 Å². The fourth-order valence-corrected chi connectivity index (χ4v) is 3.89. The lowest BCUT2D eigenvalue weighted by atomic mass is 9.67. The maximum absolute atomic E-state index is 12.5. The number of anilines is 1. The zero-order valence-electron chi connectivity index (χ0n) is 13.5. The van der Waals surface area contributed by atoms with Crippen molar-refractivity contribution in [1.29, 1.82) is 0 Å². The summed E-state index contributed by atoms with van der Waals surface area (Å²) in [5.41, 5.74) is 2.13. The molecule has 1 unspecified atom stereocenters. The number of amides is 1. The Morgan fingerprint density at radius 1 is 1.09 bits per heavy atom. The highest BCUT2D eigenvalue weighted by Gasteiger charge is 2.41. The Labute approximate surface area is 132 Å². The van der Waals surface area contributed by atoms with E-state index in [9.17, 15) is 9.59 Å². The van der Waals surface area contributed by atoms with Crippen molar-refractivity contribution < 1.29 is 9.59 Å². The molecular formula is C19H25NO2. The van der Waals surface area contributed by atoms with Gasteiger partial charge in [0, 0.05) is 23.4 Å². The van der Waals surface area contributed by atoms with Crippen molar-refractivity contribution in [3.8, 4) is 0 Å². The molecule has 3 rings (SSSR count). The van der Waals surface area contributed by atoms with Crippen LogP contribution in [0.15, 0.2) is 24.3 Å². The smallest absolute Gasteiger partial charge is 0.227 e. The minimum absolute atomic E-state index is 0.00206. The Balaban J connectivity index is 1.63. The van der Waals surface area contributed by atoms with E-state index in [2.05, 4.69) is 31.3 Å². The van der Waals surface area contributed by atoms with Gasteiger partial charge in [0.25, 0.3) is 0 Å². The molecule has 0 aromatic heterocycles. The van der Waals surface area contributed by atoms with E-state index in [0.29, 0.717) is 11.7 Å². The highest BCUT2D eigenvalue weighted by atomic mass is 16.2. The second-order valence-corrected chi connectivity index (χ2v) is 7.16. The molecule has 2 aliphatic rings. The second kappa shape index (κ2) is 6.23. The molecule has 3 nitrogen and oxygen atoms in total. The van der Waals surface area contributed by atoms with Crippen LogP contribution >= 0.6 is 0 Å². The number of carbonyl (C=O) groups excluding carboxylic acids is 2. The molecule has 0 saturated heterocycles. The maximum atomic E-state index is 12.5. The van der Waals surface area contributed by atoms with E-state index >= 15 is 0 Å². The summed E-state index contributed by atoms with van der Waals surface area (Å²) in [6.07, 6.45) is 4.58. The van der Waals surface area contributed by atoms with Gasteiger partial charge in [-0.25, -0.2) is 0 Å². The van der Waals surface area contributed by atoms with Gasteiger partial charge in [-0.15, -0.1) is 0 Å². The van der Waals surface area contributed by atoms with Crippen molar-refractivity contribution in [2.45, 2.75) is 51.9 Å². The molecule has 2 fully saturated rings. The topological polar surface area (TPSA) is 46.2 Å². The molecule has 1 amide bonds. The van der Waals surface area contributed by atoms with Crippen molar-refractivity contribution >= 4 is 17.4 Å². The number of nitrogens with one attached hydrogen (secondary N) is 1. The molecule has 0 heterocycles. The van der Waals surface area contributed by atoms with Gasteiger partial charge in [0.05, 0.1) is 0 Å². The fraction of sp³-hybridized carbons (Fsp3) is 0.579. The monoisotopic (exact) mass is 299 g/mol. The molecule has 118 valence electrons. The Morgan fingerprint density at radius 2 is 1.68 bits per heavy atom. The number of hydrogen-bond donors (Lipinski definition) is 1. The first kappa shape index (κ1) is 15.3. The SMILES string of the molecule is CC(C)c1ccc(NC(=O)C2C[C@H]3CCC[C@@H](C2)C3=O)cc1. The van der Waals surface area contributed by atoms with Gasteiger partial charge in [-0.05, 0) is 49.3 Å². The number of benzene rings is 1. The average molecular weight is 299 g/mol. The summed E-state index contributed by atoms with van der Waals surface area (Å²) in [5.74, 6) is 1.25. The number of carbonyl (C=O) groups is 2. The van der Waals surface area contributed by atoms with E-state index in [0.717, 1.165) is 37.8 Å². The Hall–Kier alpha value is -1.64. The predicted molar refractivity (Wildman–Crippen MR) is 87.7 cm³/mol. The number of hydrogen-bond acceptors (Lipinski definition) is 2. The van der Waals surface area contributed by atoms with Crippen molar-refractivity contribution in [2.75, 3.05) is 5.32 Å². The molecule has 3 heteroatoms. The first-order valence-corrected chi connectivity index (χ1v) is 8.49. The van der Waals surface area contributed by atoms with Crippen LogP contribution in [0.2, 0.25) is 0 Å². The Morgan fingerprint density at radius 3 is 2.23 bits per heavy atom. The van der Waals surface area contributed by atoms with E-state index < -0.39 is 0 Å². The lowest BCUT2D eigenvalue weighted by Crippen LogP contribution is -2.40. The molecule has 1 aromatic carbocycles. The molecule has 0 aliphatic heterocycles. The van der Waals surface area contributed by atoms with Crippen LogP contribution in [0.3, 0.4) is 0 Å². The largest absolute Gasteiger partial charge is 0.326 e. The van der Waals surface area contributed by atoms with Crippen LogP contribution in [0.5, 0.6) is 0 Å². The predicted octanol–water partition coefficient (Wildman–Crippen LogP) is 4.14. The number of Topliss-reactive ketones (excluding diaryl/α,β-unsaturated/α-hetero) is 1. The summed E-state index contributed by atoms with van der Waals surface area (Å²) in [6.45, 7) is 4.32. The number of rotatable bonds is 3. The Bertz CT molecular complexity index is 545. The van der Waals surface area contributed by atoms with Gasteiger partial charge < -0.3 is 5.32 Å². The van der Waals surface area contributed by atoms with Crippen LogP contribution in [0, 0.1) is 17.8 Å². The summed E-state index contributed by atoms with van der Waals surface area (Å²) in [6, 6.07) is 8.09. The molecule has 2 saturated carbocycles. The molecular weight excluding hydrogens is 274 g/mol. The van der Waals surface area contributed by atoms with Crippen molar-refractivity contribution in [3.63, 3.8) is 0 Å². The lowest BCUT2D eigenvalue weighted by molar-refractivity contribution is -0.136. The van der Waals surface area contributed by atoms with Crippen LogP contribution in [0.1, 0.15) is 57.4 Å². The minimum Gasteiger partial charge on any atom is -0.326 e. The summed E-state index contributed by atoms with van der Waals surface area (Å²) >= 11 is 0. The van der Waals surface area contributed by atoms with Crippen LogP contribution in [0.25, 0.3) is 0 Å². The summed E-state index contributed by atoms with van der Waals surface area (Å²) < 4.78 is 0. The standard InChI is InChI=1S/C19H25NO2/c1-12(2)13-6-8-17(9-7-13)20-19(22)16-10-14-4-3-5-15(11-16)18(14)21/h6-9,12,14-16H,3-5,10-11H2,1-2H3,(H,20,22)/t14-,15+,16?. The van der Waals surface area contributed by atoms with E-state index in [1.54, 1.807) is 0 Å². The third-order valence-electron chi connectivity index (χ3n) is 5.26. The third kappa shape index (κ3) is 3.08. The van der Waals surface area contributed by atoms with Gasteiger partial charge >= 0.3 is 0 Å². The zero-order chi connectivity index (χ0) is 15.7. The van der Waals surface area contributed by atoms with E-state index in [1.807, 2.05) is 12.1 Å². The summed E-state index contributed by atoms with van der Waals surface area (Å²) in [5, 5.41) is 3.03. The van der Waals surface area contributed by atoms with Gasteiger partial charge in [0.2, 0.25) is 5.91 Å². The maximum Gasteiger partial charge on any atom is 0.227 e. The average Bonchev–Trinajstić information content (AvgIpc) is 2.47. The highest BCUT2D eigenvalue weighted by molar-refractivity contribution is 5.95. The van der Waals surface area contributed by atoms with Crippen LogP contribution in [0.4, 0.5) is 5.69 Å². The summed E-state index contributed by atoms with van der Waals surface area (Å²) in [4.78, 5) is 24.6. The van der Waals surface area contributed by atoms with Gasteiger partial charge in [0.15, 0.2) is 0 Å². The van der Waals surface area contributed by atoms with Gasteiger partial charge in [-0.2, -0.15) is 0 Å². The van der Waals surface area contributed by atoms with Gasteiger partial charge in [-0.3, -0.25) is 9.59 Å². The fourth-order valence-electron chi connectivity index (χ4n) is 3.89. The molecule has 0 radical (unpaired) electrons. The minimum atomic E-state index is -0.00206. The third-order valence-corrected chi connectivity index (χ3v) is 5.26. The van der Waals surface area contributed by atoms with Crippen molar-refractivity contribution in [3.05, 3.63) is 29.8 Å². The van der Waals surface area contributed by atoms with Crippen LogP contribution in [-0.2, 0) is 9.59 Å². The first-order chi connectivity index (χ1) is 10.5. The van der Waals surface area contributed by atoms with E-state index in [1.165, 1.54) is 5.56 Å². The molecule has 3 atom stereocenters. The normalized spacial score (nSPS) is 27.8. The van der Waals surface area contributed by atoms with Crippen LogP contribution in [-0.4, -0.2) is 11.7 Å². The molecule has 1 N–H and O–H groups in total. The second-order valence-electron chi connectivity index (χ2n) is 7.16. The lowest BCUT2D eigenvalue weighted by Gasteiger charge is -2.36. The molecule has 0 spiro atoms. The van der Waals surface area contributed by atoms with E-state index in [4.69, 9.17) is 0 Å². The first-order valence-electron chi connectivity index (χ1n) is 8.49. The Kier molecular flexibility index (Phi) is 4.32. The zero-order valence-corrected chi connectivity index (χ0v) is 13.5. The van der Waals surface area contributed by atoms with Crippen molar-refractivity contribution in [1.82, 2.24) is 0 Å². The molecule has 1 aromatic rings. The summed E-state index contributed by atoms with van der Waals surface area (Å²) in [7, 11) is 0. The number of ketones is 1. The van der Waals surface area contributed by atoms with Crippen LogP contribution < -0.4 is 5.32 Å². The van der Waals surface area contributed by atoms with Gasteiger partial charge in [0.1, 0.15) is 5.78 Å². The molecule has 2 bridgehead atoms. The van der Waals surface area contributed by atoms with Gasteiger partial charge in [-0.1, -0.05) is 32.4 Å². The molecule has 2 aliphatic carbocycles. The highest BCUT2D eigenvalue weighted by Crippen LogP contribution is 2.40. The molecule has 22 heavy (non-hydrogen) atoms. The number of fused-ring (bicyclic) bond motifs is 2. The van der Waals surface area contributed by atoms with Crippen molar-refractivity contribution in [2.24, 2.45) is 17.8 Å².